The number of thiazole rings is 1. The molecular formula is C28H27F2N3OS. The number of hydrogen-bond acceptors (Lipinski definition) is 4. The molecule has 4 aromatic rings. The van der Waals surface area contributed by atoms with E-state index >= 15 is 0 Å². The number of rotatable bonds is 4. The molecule has 0 radical (unpaired) electrons. The van der Waals surface area contributed by atoms with Crippen LogP contribution in [0, 0.1) is 25.5 Å². The maximum Gasteiger partial charge on any atom is 0.255 e. The van der Waals surface area contributed by atoms with E-state index in [1.54, 1.807) is 16.8 Å². The highest BCUT2D eigenvalue weighted by Crippen LogP contribution is 2.42. The van der Waals surface area contributed by atoms with E-state index in [0.29, 0.717) is 21.7 Å². The highest BCUT2D eigenvalue weighted by molar-refractivity contribution is 7.15. The standard InChI is InChI=1S/C28H27F2N3OS/c1-17-7-6-8-18(2)26(17)33-16-19(10-13-24(33)34)25-27(21-12-11-20(29)15-22(21)30)35-28(31-25)23-9-4-5-14-32(23)3/h6-8,10-13,15-16,23H,4-5,9,14H2,1-3H3/t23-/m1/s1. The SMILES string of the molecule is Cc1cccc(C)c1-n1cc(-c2nc([C@H]3CCCCN3C)sc2-c2ccc(F)cc2F)ccc1=O. The number of aryl methyl sites for hydroxylation is 2. The van der Waals surface area contributed by atoms with Crippen molar-refractivity contribution < 1.29 is 8.78 Å². The number of nitrogens with zero attached hydrogens (tertiary/aromatic N) is 3. The van der Waals surface area contributed by atoms with Gasteiger partial charge in [0.2, 0.25) is 0 Å². The van der Waals surface area contributed by atoms with Crippen molar-refractivity contribution in [2.75, 3.05) is 13.6 Å². The van der Waals surface area contributed by atoms with E-state index in [4.69, 9.17) is 4.98 Å². The number of likely N-dealkylation sites (tertiary alicyclic amines) is 1. The third-order valence-electron chi connectivity index (χ3n) is 6.74. The number of halogens is 2. The van der Waals surface area contributed by atoms with Gasteiger partial charge in [0.25, 0.3) is 5.56 Å². The van der Waals surface area contributed by atoms with Crippen LogP contribution < -0.4 is 5.56 Å². The van der Waals surface area contributed by atoms with E-state index in [2.05, 4.69) is 11.9 Å². The number of pyridine rings is 1. The summed E-state index contributed by atoms with van der Waals surface area (Å²) in [5, 5.41) is 0.908. The monoisotopic (exact) mass is 491 g/mol. The molecule has 1 fully saturated rings. The zero-order valence-corrected chi connectivity index (χ0v) is 20.8. The van der Waals surface area contributed by atoms with Crippen LogP contribution in [0.4, 0.5) is 8.78 Å². The molecule has 0 saturated carbocycles. The number of hydrogen-bond donors (Lipinski definition) is 0. The smallest absolute Gasteiger partial charge is 0.255 e. The van der Waals surface area contributed by atoms with Crippen molar-refractivity contribution in [3.8, 4) is 27.4 Å². The average Bonchev–Trinajstić information content (AvgIpc) is 3.25. The van der Waals surface area contributed by atoms with Gasteiger partial charge in [0, 0.05) is 29.5 Å². The molecule has 1 aliphatic rings. The van der Waals surface area contributed by atoms with Crippen LogP contribution in [-0.2, 0) is 0 Å². The lowest BCUT2D eigenvalue weighted by Crippen LogP contribution is -2.29. The Kier molecular flexibility index (Phi) is 6.38. The van der Waals surface area contributed by atoms with Gasteiger partial charge in [-0.25, -0.2) is 13.8 Å². The van der Waals surface area contributed by atoms with Gasteiger partial charge in [-0.1, -0.05) is 24.6 Å². The molecule has 0 spiro atoms. The Bertz CT molecular complexity index is 1440. The first-order valence-corrected chi connectivity index (χ1v) is 12.6. The fraction of sp³-hybridized carbons (Fsp3) is 0.286. The molecule has 3 heterocycles. The number of para-hydroxylation sites is 1. The molecule has 1 saturated heterocycles. The van der Waals surface area contributed by atoms with Gasteiger partial charge in [-0.3, -0.25) is 14.3 Å². The van der Waals surface area contributed by atoms with Gasteiger partial charge >= 0.3 is 0 Å². The van der Waals surface area contributed by atoms with Crippen molar-refractivity contribution in [1.82, 2.24) is 14.5 Å². The molecule has 4 nitrogen and oxygen atoms in total. The fourth-order valence-electron chi connectivity index (χ4n) is 4.91. The highest BCUT2D eigenvalue weighted by Gasteiger charge is 2.27. The summed E-state index contributed by atoms with van der Waals surface area (Å²) in [7, 11) is 2.09. The van der Waals surface area contributed by atoms with Crippen molar-refractivity contribution in [2.45, 2.75) is 39.2 Å². The maximum absolute atomic E-state index is 14.9. The normalized spacial score (nSPS) is 16.5. The lowest BCUT2D eigenvalue weighted by Gasteiger charge is -2.30. The Morgan fingerprint density at radius 3 is 2.51 bits per heavy atom. The Hall–Kier alpha value is -3.16. The van der Waals surface area contributed by atoms with Crippen LogP contribution in [0.15, 0.2) is 59.5 Å². The molecule has 1 atom stereocenters. The second-order valence-electron chi connectivity index (χ2n) is 9.21. The summed E-state index contributed by atoms with van der Waals surface area (Å²) >= 11 is 1.45. The lowest BCUT2D eigenvalue weighted by atomic mass is 10.0. The quantitative estimate of drug-likeness (QED) is 0.320. The molecule has 1 aliphatic heterocycles. The largest absolute Gasteiger partial charge is 0.297 e. The summed E-state index contributed by atoms with van der Waals surface area (Å²) < 4.78 is 30.3. The Morgan fingerprint density at radius 2 is 1.80 bits per heavy atom. The van der Waals surface area contributed by atoms with Crippen molar-refractivity contribution in [2.24, 2.45) is 0 Å². The summed E-state index contributed by atoms with van der Waals surface area (Å²) in [6, 6.07) is 13.0. The predicted octanol–water partition coefficient (Wildman–Crippen LogP) is 6.68. The van der Waals surface area contributed by atoms with Crippen LogP contribution in [0.2, 0.25) is 0 Å². The highest BCUT2D eigenvalue weighted by atomic mass is 32.1. The van der Waals surface area contributed by atoms with Crippen LogP contribution >= 0.6 is 11.3 Å². The van der Waals surface area contributed by atoms with Gasteiger partial charge in [-0.05, 0) is 69.6 Å². The molecule has 0 aliphatic carbocycles. The predicted molar refractivity (Wildman–Crippen MR) is 137 cm³/mol. The van der Waals surface area contributed by atoms with E-state index in [1.165, 1.54) is 29.5 Å². The molecule has 5 rings (SSSR count). The van der Waals surface area contributed by atoms with Gasteiger partial charge in [-0.15, -0.1) is 11.3 Å². The third-order valence-corrected chi connectivity index (χ3v) is 7.93. The van der Waals surface area contributed by atoms with Gasteiger partial charge in [-0.2, -0.15) is 0 Å². The summed E-state index contributed by atoms with van der Waals surface area (Å²) in [6.07, 6.45) is 5.02. The molecule has 2 aromatic heterocycles. The van der Waals surface area contributed by atoms with E-state index in [1.807, 2.05) is 32.0 Å². The van der Waals surface area contributed by atoms with Crippen molar-refractivity contribution in [3.05, 3.63) is 92.9 Å². The minimum atomic E-state index is -0.624. The van der Waals surface area contributed by atoms with E-state index in [-0.39, 0.29) is 11.6 Å². The van der Waals surface area contributed by atoms with Gasteiger partial charge in [0.05, 0.1) is 22.3 Å². The van der Waals surface area contributed by atoms with Gasteiger partial charge in [0.1, 0.15) is 16.6 Å². The Balaban J connectivity index is 1.71. The molecule has 0 unspecified atom stereocenters. The van der Waals surface area contributed by atoms with Crippen LogP contribution in [0.3, 0.4) is 0 Å². The molecular weight excluding hydrogens is 464 g/mol. The van der Waals surface area contributed by atoms with Crippen LogP contribution in [0.5, 0.6) is 0 Å². The lowest BCUT2D eigenvalue weighted by molar-refractivity contribution is 0.187. The Morgan fingerprint density at radius 1 is 1.03 bits per heavy atom. The van der Waals surface area contributed by atoms with Crippen molar-refractivity contribution >= 4 is 11.3 Å². The number of aromatic nitrogens is 2. The molecule has 180 valence electrons. The molecule has 7 heteroatoms. The summed E-state index contributed by atoms with van der Waals surface area (Å²) in [5.74, 6) is -1.24. The fourth-order valence-corrected chi connectivity index (χ4v) is 6.22. The van der Waals surface area contributed by atoms with Gasteiger partial charge < -0.3 is 0 Å². The maximum atomic E-state index is 14.9. The first-order valence-electron chi connectivity index (χ1n) is 11.8. The second-order valence-corrected chi connectivity index (χ2v) is 10.2. The summed E-state index contributed by atoms with van der Waals surface area (Å²) in [5.41, 5.74) is 4.28. The first-order chi connectivity index (χ1) is 16.8. The van der Waals surface area contributed by atoms with E-state index in [9.17, 15) is 13.6 Å². The minimum Gasteiger partial charge on any atom is -0.297 e. The Labute approximate surface area is 207 Å². The van der Waals surface area contributed by atoms with E-state index in [0.717, 1.165) is 53.7 Å². The molecule has 0 bridgehead atoms. The van der Waals surface area contributed by atoms with Crippen molar-refractivity contribution in [1.29, 1.82) is 0 Å². The topological polar surface area (TPSA) is 38.1 Å². The number of benzene rings is 2. The van der Waals surface area contributed by atoms with Crippen LogP contribution in [0.1, 0.15) is 41.4 Å². The third kappa shape index (κ3) is 4.46. The molecule has 0 N–H and O–H groups in total. The summed E-state index contributed by atoms with van der Waals surface area (Å²) in [4.78, 5) is 20.8. The molecule has 2 aromatic carbocycles. The second kappa shape index (κ2) is 9.47. The van der Waals surface area contributed by atoms with Crippen LogP contribution in [0.25, 0.3) is 27.4 Å². The first kappa shape index (κ1) is 23.6. The van der Waals surface area contributed by atoms with Crippen LogP contribution in [-0.4, -0.2) is 28.0 Å². The number of piperidine rings is 1. The minimum absolute atomic E-state index is 0.147. The zero-order valence-electron chi connectivity index (χ0n) is 20.0. The summed E-state index contributed by atoms with van der Waals surface area (Å²) in [6.45, 7) is 4.93. The van der Waals surface area contributed by atoms with E-state index < -0.39 is 11.6 Å². The molecule has 0 amide bonds. The van der Waals surface area contributed by atoms with Gasteiger partial charge in [0.15, 0.2) is 0 Å². The van der Waals surface area contributed by atoms with Crippen molar-refractivity contribution in [3.63, 3.8) is 0 Å². The average molecular weight is 492 g/mol. The zero-order chi connectivity index (χ0) is 24.7. The molecule has 35 heavy (non-hydrogen) atoms.